The van der Waals surface area contributed by atoms with Crippen molar-refractivity contribution in [1.29, 1.82) is 0 Å². The van der Waals surface area contributed by atoms with Crippen LogP contribution in [0.4, 0.5) is 5.69 Å². The Morgan fingerprint density at radius 3 is 2.64 bits per heavy atom. The molecule has 0 unspecified atom stereocenters. The molecule has 25 heavy (non-hydrogen) atoms. The van der Waals surface area contributed by atoms with Crippen LogP contribution in [0.3, 0.4) is 0 Å². The fraction of sp³-hybridized carbons (Fsp3) is 0.200. The lowest BCUT2D eigenvalue weighted by Gasteiger charge is -2.05. The lowest BCUT2D eigenvalue weighted by molar-refractivity contribution is -0.117. The number of carbonyl (C=O) groups excluding carboxylic acids is 1. The van der Waals surface area contributed by atoms with E-state index in [1.807, 2.05) is 30.3 Å². The number of fused-ring (bicyclic) bond motifs is 1. The van der Waals surface area contributed by atoms with E-state index in [0.717, 1.165) is 6.42 Å². The molecule has 0 aliphatic heterocycles. The third-order valence-electron chi connectivity index (χ3n) is 4.75. The molecule has 126 valence electrons. The molecule has 1 amide bonds. The molecule has 2 aromatic carbocycles. The molecule has 1 aliphatic carbocycles. The second-order valence-electron chi connectivity index (χ2n) is 6.42. The highest BCUT2D eigenvalue weighted by Gasteiger charge is 2.43. The third-order valence-corrected chi connectivity index (χ3v) is 4.75. The van der Waals surface area contributed by atoms with Crippen molar-refractivity contribution in [2.75, 3.05) is 5.32 Å². The summed E-state index contributed by atoms with van der Waals surface area (Å²) < 4.78 is 5.34. The molecule has 0 saturated heterocycles. The quantitative estimate of drug-likeness (QED) is 0.749. The molecule has 1 fully saturated rings. The van der Waals surface area contributed by atoms with Gasteiger partial charge in [0.05, 0.1) is 0 Å². The van der Waals surface area contributed by atoms with Crippen LogP contribution >= 0.6 is 0 Å². The molecule has 5 nitrogen and oxygen atoms in total. The third kappa shape index (κ3) is 2.78. The van der Waals surface area contributed by atoms with Crippen molar-refractivity contribution in [3.05, 3.63) is 65.4 Å². The van der Waals surface area contributed by atoms with Crippen LogP contribution in [0, 0.1) is 12.8 Å². The Hall–Kier alpha value is -3.08. The fourth-order valence-corrected chi connectivity index (χ4v) is 3.29. The number of furan rings is 1. The summed E-state index contributed by atoms with van der Waals surface area (Å²) in [6.45, 7) is 1.70. The van der Waals surface area contributed by atoms with Gasteiger partial charge in [-0.25, -0.2) is 4.79 Å². The minimum Gasteiger partial charge on any atom is -0.475 e. The van der Waals surface area contributed by atoms with Gasteiger partial charge in [0.2, 0.25) is 11.7 Å². The zero-order valence-electron chi connectivity index (χ0n) is 13.7. The first kappa shape index (κ1) is 15.4. The fourth-order valence-electron chi connectivity index (χ4n) is 3.29. The smallest absolute Gasteiger partial charge is 0.372 e. The number of carboxylic acids is 1. The molecule has 1 aliphatic rings. The highest BCUT2D eigenvalue weighted by atomic mass is 16.4. The van der Waals surface area contributed by atoms with Gasteiger partial charge in [-0.1, -0.05) is 30.3 Å². The number of carboxylic acid groups (broad SMARTS) is 1. The molecule has 1 saturated carbocycles. The number of benzene rings is 2. The standard InChI is InChI=1S/C20H17NO4/c1-11-14-9-13(7-8-17(14)25-18(11)20(23)24)21-19(22)16-10-15(16)12-5-3-2-4-6-12/h2-9,15-16H,10H2,1H3,(H,21,22)(H,23,24)/t15-,16-/m0/s1. The maximum atomic E-state index is 12.5. The van der Waals surface area contributed by atoms with Crippen molar-refractivity contribution in [3.63, 3.8) is 0 Å². The first-order chi connectivity index (χ1) is 12.0. The van der Waals surface area contributed by atoms with E-state index in [1.54, 1.807) is 25.1 Å². The molecule has 1 heterocycles. The predicted octanol–water partition coefficient (Wildman–Crippen LogP) is 4.18. The average Bonchev–Trinajstić information content (AvgIpc) is 3.35. The Morgan fingerprint density at radius 2 is 1.92 bits per heavy atom. The van der Waals surface area contributed by atoms with Crippen molar-refractivity contribution in [2.45, 2.75) is 19.3 Å². The molecule has 0 radical (unpaired) electrons. The molecule has 0 bridgehead atoms. The SMILES string of the molecule is Cc1c(C(=O)O)oc2ccc(NC(=O)[C@H]3C[C@H]3c3ccccc3)cc12. The topological polar surface area (TPSA) is 79.5 Å². The van der Waals surface area contributed by atoms with Gasteiger partial charge >= 0.3 is 5.97 Å². The average molecular weight is 335 g/mol. The monoisotopic (exact) mass is 335 g/mol. The van der Waals surface area contributed by atoms with E-state index in [4.69, 9.17) is 9.52 Å². The first-order valence-corrected chi connectivity index (χ1v) is 8.17. The van der Waals surface area contributed by atoms with Gasteiger partial charge in [-0.15, -0.1) is 0 Å². The van der Waals surface area contributed by atoms with Crippen LogP contribution in [0.1, 0.15) is 34.0 Å². The normalized spacial score (nSPS) is 18.9. The second kappa shape index (κ2) is 5.77. The van der Waals surface area contributed by atoms with E-state index in [2.05, 4.69) is 5.32 Å². The van der Waals surface area contributed by atoms with Gasteiger partial charge < -0.3 is 14.8 Å². The Bertz CT molecular complexity index is 974. The number of hydrogen-bond donors (Lipinski definition) is 2. The molecule has 4 rings (SSSR count). The van der Waals surface area contributed by atoms with E-state index in [-0.39, 0.29) is 23.5 Å². The summed E-state index contributed by atoms with van der Waals surface area (Å²) in [5, 5.41) is 12.8. The molecule has 3 aromatic rings. The molecule has 1 aromatic heterocycles. The van der Waals surface area contributed by atoms with Crippen molar-refractivity contribution >= 4 is 28.5 Å². The number of anilines is 1. The summed E-state index contributed by atoms with van der Waals surface area (Å²) >= 11 is 0. The molecule has 5 heteroatoms. The number of rotatable bonds is 4. The predicted molar refractivity (Wildman–Crippen MR) is 93.8 cm³/mol. The number of aromatic carboxylic acids is 1. The maximum absolute atomic E-state index is 12.5. The largest absolute Gasteiger partial charge is 0.475 e. The molecule has 2 atom stereocenters. The summed E-state index contributed by atoms with van der Waals surface area (Å²) in [5.74, 6) is -0.905. The van der Waals surface area contributed by atoms with E-state index in [9.17, 15) is 9.59 Å². The van der Waals surface area contributed by atoms with Crippen molar-refractivity contribution in [1.82, 2.24) is 0 Å². The van der Waals surface area contributed by atoms with Crippen LogP contribution in [-0.4, -0.2) is 17.0 Å². The lowest BCUT2D eigenvalue weighted by Crippen LogP contribution is -2.14. The van der Waals surface area contributed by atoms with E-state index in [0.29, 0.717) is 22.2 Å². The van der Waals surface area contributed by atoms with Crippen molar-refractivity contribution < 1.29 is 19.1 Å². The van der Waals surface area contributed by atoms with Crippen molar-refractivity contribution in [2.24, 2.45) is 5.92 Å². The van der Waals surface area contributed by atoms with Gasteiger partial charge in [-0.05, 0) is 43.0 Å². The Kier molecular flexibility index (Phi) is 3.57. The molecule has 2 N–H and O–H groups in total. The summed E-state index contributed by atoms with van der Waals surface area (Å²) in [4.78, 5) is 23.6. The highest BCUT2D eigenvalue weighted by Crippen LogP contribution is 2.47. The van der Waals surface area contributed by atoms with Crippen LogP contribution < -0.4 is 5.32 Å². The van der Waals surface area contributed by atoms with E-state index >= 15 is 0 Å². The van der Waals surface area contributed by atoms with Gasteiger partial charge in [0.15, 0.2) is 0 Å². The summed E-state index contributed by atoms with van der Waals surface area (Å²) in [5.41, 5.74) is 2.90. The van der Waals surface area contributed by atoms with E-state index < -0.39 is 5.97 Å². The number of aryl methyl sites for hydroxylation is 1. The van der Waals surface area contributed by atoms with E-state index in [1.165, 1.54) is 5.56 Å². The number of amides is 1. The molecular weight excluding hydrogens is 318 g/mol. The number of carbonyl (C=O) groups is 2. The summed E-state index contributed by atoms with van der Waals surface area (Å²) in [7, 11) is 0. The number of nitrogens with one attached hydrogen (secondary N) is 1. The first-order valence-electron chi connectivity index (χ1n) is 8.17. The second-order valence-corrected chi connectivity index (χ2v) is 6.42. The number of hydrogen-bond acceptors (Lipinski definition) is 3. The minimum atomic E-state index is -1.09. The van der Waals surface area contributed by atoms with Gasteiger partial charge in [-0.2, -0.15) is 0 Å². The minimum absolute atomic E-state index is 0.00666. The molecular formula is C20H17NO4. The van der Waals surface area contributed by atoms with Crippen LogP contribution in [0.2, 0.25) is 0 Å². The van der Waals surface area contributed by atoms with Crippen molar-refractivity contribution in [3.8, 4) is 0 Å². The van der Waals surface area contributed by atoms with Gasteiger partial charge in [0, 0.05) is 22.6 Å². The molecule has 0 spiro atoms. The van der Waals surface area contributed by atoms with Crippen LogP contribution in [0.5, 0.6) is 0 Å². The Balaban J connectivity index is 1.52. The zero-order valence-corrected chi connectivity index (χ0v) is 13.7. The van der Waals surface area contributed by atoms with Gasteiger partial charge in [-0.3, -0.25) is 4.79 Å². The Labute approximate surface area is 144 Å². The van der Waals surface area contributed by atoms with Gasteiger partial charge in [0.1, 0.15) is 5.58 Å². The van der Waals surface area contributed by atoms with Crippen LogP contribution in [-0.2, 0) is 4.79 Å². The van der Waals surface area contributed by atoms with Crippen LogP contribution in [0.15, 0.2) is 52.9 Å². The zero-order chi connectivity index (χ0) is 17.6. The highest BCUT2D eigenvalue weighted by molar-refractivity contribution is 5.99. The maximum Gasteiger partial charge on any atom is 0.372 e. The summed E-state index contributed by atoms with van der Waals surface area (Å²) in [6.07, 6.45) is 0.853. The lowest BCUT2D eigenvalue weighted by atomic mass is 10.1. The Morgan fingerprint density at radius 1 is 1.16 bits per heavy atom. The van der Waals surface area contributed by atoms with Gasteiger partial charge in [0.25, 0.3) is 0 Å². The summed E-state index contributed by atoms with van der Waals surface area (Å²) in [6, 6.07) is 15.2. The van der Waals surface area contributed by atoms with Crippen LogP contribution in [0.25, 0.3) is 11.0 Å².